The van der Waals surface area contributed by atoms with Gasteiger partial charge < -0.3 is 15.2 Å². The Bertz CT molecular complexity index is 420. The molecule has 1 unspecified atom stereocenters. The Morgan fingerprint density at radius 2 is 2.28 bits per heavy atom. The summed E-state index contributed by atoms with van der Waals surface area (Å²) >= 11 is 3.33. The minimum absolute atomic E-state index is 0.0464. The Balaban J connectivity index is 1.93. The third kappa shape index (κ3) is 3.46. The van der Waals surface area contributed by atoms with Crippen LogP contribution in [0.25, 0.3) is 0 Å². The van der Waals surface area contributed by atoms with Gasteiger partial charge in [0.2, 0.25) is 0 Å². The first-order valence-electron chi connectivity index (χ1n) is 6.32. The average molecular weight is 314 g/mol. The van der Waals surface area contributed by atoms with Crippen molar-refractivity contribution in [2.45, 2.75) is 44.9 Å². The fraction of sp³-hybridized carbons (Fsp3) is 0.571. The molecule has 0 aromatic heterocycles. The molecule has 100 valence electrons. The number of rotatable bonds is 3. The summed E-state index contributed by atoms with van der Waals surface area (Å²) in [6.07, 6.45) is 2.03. The van der Waals surface area contributed by atoms with Gasteiger partial charge in [-0.25, -0.2) is 0 Å². The van der Waals surface area contributed by atoms with Crippen LogP contribution in [0.1, 0.15) is 32.3 Å². The molecule has 1 aromatic rings. The van der Waals surface area contributed by atoms with Crippen molar-refractivity contribution in [1.29, 1.82) is 0 Å². The number of nitrogens with one attached hydrogen (secondary N) is 1. The van der Waals surface area contributed by atoms with E-state index in [0.29, 0.717) is 18.3 Å². The summed E-state index contributed by atoms with van der Waals surface area (Å²) in [6.45, 7) is 5.73. The second-order valence-electron chi connectivity index (χ2n) is 5.43. The molecular weight excluding hydrogens is 294 g/mol. The molecule has 1 fully saturated rings. The summed E-state index contributed by atoms with van der Waals surface area (Å²) in [5.41, 5.74) is 0.878. The van der Waals surface area contributed by atoms with Crippen LogP contribution in [0.2, 0.25) is 0 Å². The molecule has 18 heavy (non-hydrogen) atoms. The van der Waals surface area contributed by atoms with Crippen LogP contribution in [0.3, 0.4) is 0 Å². The quantitative estimate of drug-likeness (QED) is 0.900. The molecule has 0 spiro atoms. The Labute approximate surface area is 117 Å². The predicted molar refractivity (Wildman–Crippen MR) is 75.7 cm³/mol. The van der Waals surface area contributed by atoms with Gasteiger partial charge in [0.15, 0.2) is 0 Å². The van der Waals surface area contributed by atoms with Gasteiger partial charge in [0, 0.05) is 24.8 Å². The normalized spacial score (nSPS) is 22.9. The predicted octanol–water partition coefficient (Wildman–Crippen LogP) is 3.20. The van der Waals surface area contributed by atoms with E-state index in [1.54, 1.807) is 0 Å². The number of ether oxygens (including phenoxy) is 1. The fourth-order valence-electron chi connectivity index (χ4n) is 2.36. The molecule has 1 aliphatic rings. The van der Waals surface area contributed by atoms with E-state index in [9.17, 15) is 5.11 Å². The van der Waals surface area contributed by atoms with Crippen LogP contribution in [0.15, 0.2) is 22.7 Å². The van der Waals surface area contributed by atoms with Crippen LogP contribution in [0.4, 0.5) is 0 Å². The monoisotopic (exact) mass is 313 g/mol. The largest absolute Gasteiger partial charge is 0.506 e. The Morgan fingerprint density at radius 3 is 3.00 bits per heavy atom. The summed E-state index contributed by atoms with van der Waals surface area (Å²) in [6, 6.07) is 6.18. The first kappa shape index (κ1) is 13.8. The minimum Gasteiger partial charge on any atom is -0.506 e. The molecular formula is C14H20BrNO2. The number of phenolic OH excluding ortho intramolecular Hbond substituents is 1. The first-order chi connectivity index (χ1) is 8.48. The molecule has 2 rings (SSSR count). The summed E-state index contributed by atoms with van der Waals surface area (Å²) in [4.78, 5) is 0. The van der Waals surface area contributed by atoms with E-state index in [4.69, 9.17) is 4.74 Å². The Hall–Kier alpha value is -0.580. The number of hydrogen-bond acceptors (Lipinski definition) is 3. The van der Waals surface area contributed by atoms with E-state index in [1.165, 1.54) is 0 Å². The molecule has 0 radical (unpaired) electrons. The molecule has 2 N–H and O–H groups in total. The standard InChI is InChI=1S/C14H20BrNO2/c1-14(2)8-11(6-7-18-14)16-9-10-4-3-5-12(15)13(10)17/h3-5,11,16-17H,6-9H2,1-2H3. The highest BCUT2D eigenvalue weighted by atomic mass is 79.9. The Kier molecular flexibility index (Phi) is 4.30. The summed E-state index contributed by atoms with van der Waals surface area (Å²) in [5, 5.41) is 13.4. The van der Waals surface area contributed by atoms with Crippen LogP contribution in [0.5, 0.6) is 5.75 Å². The molecule has 1 atom stereocenters. The maximum absolute atomic E-state index is 9.92. The molecule has 1 saturated heterocycles. The topological polar surface area (TPSA) is 41.5 Å². The van der Waals surface area contributed by atoms with Gasteiger partial charge in [-0.1, -0.05) is 12.1 Å². The smallest absolute Gasteiger partial charge is 0.134 e. The second kappa shape index (κ2) is 5.59. The molecule has 0 amide bonds. The zero-order chi connectivity index (χ0) is 13.2. The van der Waals surface area contributed by atoms with E-state index < -0.39 is 0 Å². The van der Waals surface area contributed by atoms with Crippen molar-refractivity contribution in [3.8, 4) is 5.75 Å². The third-order valence-corrected chi connectivity index (χ3v) is 3.99. The SMILES string of the molecule is CC1(C)CC(NCc2cccc(Br)c2O)CCO1. The van der Waals surface area contributed by atoms with E-state index >= 15 is 0 Å². The van der Waals surface area contributed by atoms with Crippen molar-refractivity contribution in [3.05, 3.63) is 28.2 Å². The van der Waals surface area contributed by atoms with Gasteiger partial charge in [-0.05, 0) is 48.7 Å². The second-order valence-corrected chi connectivity index (χ2v) is 6.28. The molecule has 0 saturated carbocycles. The maximum Gasteiger partial charge on any atom is 0.134 e. The van der Waals surface area contributed by atoms with Crippen molar-refractivity contribution in [1.82, 2.24) is 5.32 Å². The van der Waals surface area contributed by atoms with Gasteiger partial charge in [0.05, 0.1) is 10.1 Å². The molecule has 3 nitrogen and oxygen atoms in total. The van der Waals surface area contributed by atoms with Crippen LogP contribution < -0.4 is 5.32 Å². The molecule has 0 bridgehead atoms. The van der Waals surface area contributed by atoms with E-state index in [1.807, 2.05) is 18.2 Å². The third-order valence-electron chi connectivity index (χ3n) is 3.35. The lowest BCUT2D eigenvalue weighted by atomic mass is 9.94. The van der Waals surface area contributed by atoms with Crippen LogP contribution in [-0.4, -0.2) is 23.4 Å². The molecule has 4 heteroatoms. The van der Waals surface area contributed by atoms with Crippen LogP contribution >= 0.6 is 15.9 Å². The first-order valence-corrected chi connectivity index (χ1v) is 7.11. The van der Waals surface area contributed by atoms with E-state index in [2.05, 4.69) is 35.1 Å². The van der Waals surface area contributed by atoms with E-state index in [0.717, 1.165) is 29.5 Å². The summed E-state index contributed by atoms with van der Waals surface area (Å²) in [7, 11) is 0. The van der Waals surface area contributed by atoms with Gasteiger partial charge in [-0.15, -0.1) is 0 Å². The summed E-state index contributed by atoms with van der Waals surface area (Å²) < 4.78 is 6.44. The number of phenols is 1. The number of para-hydroxylation sites is 1. The minimum atomic E-state index is -0.0464. The van der Waals surface area contributed by atoms with Crippen molar-refractivity contribution in [3.63, 3.8) is 0 Å². The van der Waals surface area contributed by atoms with Crippen LogP contribution in [0, 0.1) is 0 Å². The number of aromatic hydroxyl groups is 1. The van der Waals surface area contributed by atoms with Crippen molar-refractivity contribution in [2.75, 3.05) is 6.61 Å². The van der Waals surface area contributed by atoms with Gasteiger partial charge in [-0.2, -0.15) is 0 Å². The lowest BCUT2D eigenvalue weighted by molar-refractivity contribution is -0.0630. The van der Waals surface area contributed by atoms with Gasteiger partial charge in [0.25, 0.3) is 0 Å². The number of hydrogen-bond donors (Lipinski definition) is 2. The Morgan fingerprint density at radius 1 is 1.50 bits per heavy atom. The number of benzene rings is 1. The van der Waals surface area contributed by atoms with Crippen molar-refractivity contribution < 1.29 is 9.84 Å². The zero-order valence-electron chi connectivity index (χ0n) is 10.9. The molecule has 0 aliphatic carbocycles. The van der Waals surface area contributed by atoms with E-state index in [-0.39, 0.29) is 5.60 Å². The van der Waals surface area contributed by atoms with Crippen molar-refractivity contribution in [2.24, 2.45) is 0 Å². The highest BCUT2D eigenvalue weighted by molar-refractivity contribution is 9.10. The maximum atomic E-state index is 9.92. The molecule has 1 heterocycles. The van der Waals surface area contributed by atoms with Gasteiger partial charge in [0.1, 0.15) is 5.75 Å². The van der Waals surface area contributed by atoms with Crippen molar-refractivity contribution >= 4 is 15.9 Å². The molecule has 1 aromatic carbocycles. The number of halogens is 1. The van der Waals surface area contributed by atoms with Crippen LogP contribution in [-0.2, 0) is 11.3 Å². The van der Waals surface area contributed by atoms with Gasteiger partial charge in [-0.3, -0.25) is 0 Å². The fourth-order valence-corrected chi connectivity index (χ4v) is 2.77. The highest BCUT2D eigenvalue weighted by Crippen LogP contribution is 2.28. The lowest BCUT2D eigenvalue weighted by Gasteiger charge is -2.36. The van der Waals surface area contributed by atoms with Gasteiger partial charge >= 0.3 is 0 Å². The highest BCUT2D eigenvalue weighted by Gasteiger charge is 2.28. The average Bonchev–Trinajstić information content (AvgIpc) is 2.30. The zero-order valence-corrected chi connectivity index (χ0v) is 12.5. The summed E-state index contributed by atoms with van der Waals surface area (Å²) in [5.74, 6) is 0.330. The molecule has 1 aliphatic heterocycles. The lowest BCUT2D eigenvalue weighted by Crippen LogP contribution is -2.43.